The molecular formula is C12H10FN3. The van der Waals surface area contributed by atoms with Crippen molar-refractivity contribution in [2.24, 2.45) is 0 Å². The van der Waals surface area contributed by atoms with E-state index >= 15 is 0 Å². The molecule has 4 heteroatoms. The van der Waals surface area contributed by atoms with E-state index in [1.165, 1.54) is 6.07 Å². The van der Waals surface area contributed by atoms with Crippen LogP contribution in [0.2, 0.25) is 0 Å². The molecule has 3 nitrogen and oxygen atoms in total. The summed E-state index contributed by atoms with van der Waals surface area (Å²) < 4.78 is 15.4. The second-order valence-corrected chi connectivity index (χ2v) is 3.34. The summed E-state index contributed by atoms with van der Waals surface area (Å²) >= 11 is 0. The lowest BCUT2D eigenvalue weighted by atomic mass is 10.1. The van der Waals surface area contributed by atoms with E-state index in [2.05, 4.69) is 5.10 Å². The lowest BCUT2D eigenvalue weighted by Gasteiger charge is -2.05. The molecule has 0 amide bonds. The lowest BCUT2D eigenvalue weighted by Crippen LogP contribution is -2.00. The molecule has 0 radical (unpaired) electrons. The highest BCUT2D eigenvalue weighted by molar-refractivity contribution is 5.61. The minimum absolute atomic E-state index is 0.323. The van der Waals surface area contributed by atoms with Crippen LogP contribution in [0.25, 0.3) is 11.3 Å². The molecule has 0 aliphatic rings. The summed E-state index contributed by atoms with van der Waals surface area (Å²) in [5, 5.41) is 12.7. The van der Waals surface area contributed by atoms with Gasteiger partial charge in [0.25, 0.3) is 0 Å². The van der Waals surface area contributed by atoms with Gasteiger partial charge in [-0.1, -0.05) is 0 Å². The van der Waals surface area contributed by atoms with Gasteiger partial charge in [0.1, 0.15) is 5.82 Å². The van der Waals surface area contributed by atoms with E-state index in [-0.39, 0.29) is 0 Å². The Bertz CT molecular complexity index is 552. The van der Waals surface area contributed by atoms with E-state index in [0.29, 0.717) is 17.7 Å². The Kier molecular flexibility index (Phi) is 2.69. The lowest BCUT2D eigenvalue weighted by molar-refractivity contribution is 0.621. The zero-order valence-corrected chi connectivity index (χ0v) is 8.81. The molecule has 0 unspecified atom stereocenters. The Morgan fingerprint density at radius 1 is 1.44 bits per heavy atom. The highest BCUT2D eigenvalue weighted by Gasteiger charge is 2.09. The molecule has 0 atom stereocenters. The molecule has 0 N–H and O–H groups in total. The van der Waals surface area contributed by atoms with Gasteiger partial charge < -0.3 is 0 Å². The normalized spacial score (nSPS) is 10.1. The predicted molar refractivity (Wildman–Crippen MR) is 58.0 cm³/mol. The summed E-state index contributed by atoms with van der Waals surface area (Å²) in [5.41, 5.74) is 1.52. The number of halogens is 1. The van der Waals surface area contributed by atoms with E-state index in [4.69, 9.17) is 5.26 Å². The number of hydrogen-bond donors (Lipinski definition) is 0. The molecule has 2 aromatic rings. The Morgan fingerprint density at radius 2 is 2.25 bits per heavy atom. The van der Waals surface area contributed by atoms with Gasteiger partial charge in [-0.2, -0.15) is 10.4 Å². The minimum atomic E-state index is -0.394. The first kappa shape index (κ1) is 10.4. The van der Waals surface area contributed by atoms with Gasteiger partial charge in [-0.15, -0.1) is 0 Å². The van der Waals surface area contributed by atoms with Crippen molar-refractivity contribution < 1.29 is 4.39 Å². The summed E-state index contributed by atoms with van der Waals surface area (Å²) in [5.74, 6) is -0.394. The van der Waals surface area contributed by atoms with Crippen LogP contribution in [0.15, 0.2) is 30.5 Å². The molecule has 0 aliphatic carbocycles. The largest absolute Gasteiger partial charge is 0.265 e. The average molecular weight is 215 g/mol. The first-order chi connectivity index (χ1) is 7.76. The molecule has 0 bridgehead atoms. The second kappa shape index (κ2) is 4.15. The standard InChI is InChI=1S/C12H10FN3/c1-2-16-12(5-6-15-16)10-4-3-9(8-14)7-11(10)13/h3-7H,2H2,1H3. The van der Waals surface area contributed by atoms with Crippen LogP contribution in [0, 0.1) is 17.1 Å². The smallest absolute Gasteiger partial charge is 0.133 e. The molecular weight excluding hydrogens is 205 g/mol. The van der Waals surface area contributed by atoms with Crippen molar-refractivity contribution in [2.75, 3.05) is 0 Å². The fraction of sp³-hybridized carbons (Fsp3) is 0.167. The Balaban J connectivity index is 2.53. The van der Waals surface area contributed by atoms with Crippen molar-refractivity contribution in [1.29, 1.82) is 5.26 Å². The third-order valence-electron chi connectivity index (χ3n) is 2.39. The highest BCUT2D eigenvalue weighted by Crippen LogP contribution is 2.23. The van der Waals surface area contributed by atoms with Gasteiger partial charge in [0.15, 0.2) is 0 Å². The van der Waals surface area contributed by atoms with Gasteiger partial charge in [-0.3, -0.25) is 4.68 Å². The van der Waals surface area contributed by atoms with Gasteiger partial charge in [0, 0.05) is 18.3 Å². The average Bonchev–Trinajstić information content (AvgIpc) is 2.76. The molecule has 0 spiro atoms. The molecule has 16 heavy (non-hydrogen) atoms. The fourth-order valence-corrected chi connectivity index (χ4v) is 1.61. The summed E-state index contributed by atoms with van der Waals surface area (Å²) in [4.78, 5) is 0. The van der Waals surface area contributed by atoms with Crippen LogP contribution in [0.4, 0.5) is 4.39 Å². The molecule has 0 fully saturated rings. The zero-order chi connectivity index (χ0) is 11.5. The van der Waals surface area contributed by atoms with Crippen molar-refractivity contribution >= 4 is 0 Å². The fourth-order valence-electron chi connectivity index (χ4n) is 1.61. The van der Waals surface area contributed by atoms with Crippen LogP contribution in [0.1, 0.15) is 12.5 Å². The van der Waals surface area contributed by atoms with E-state index < -0.39 is 5.82 Å². The third kappa shape index (κ3) is 1.68. The maximum absolute atomic E-state index is 13.7. The monoisotopic (exact) mass is 215 g/mol. The number of aryl methyl sites for hydroxylation is 1. The highest BCUT2D eigenvalue weighted by atomic mass is 19.1. The second-order valence-electron chi connectivity index (χ2n) is 3.34. The molecule has 80 valence electrons. The minimum Gasteiger partial charge on any atom is -0.265 e. The van der Waals surface area contributed by atoms with Gasteiger partial charge in [0.05, 0.1) is 17.3 Å². The maximum Gasteiger partial charge on any atom is 0.133 e. The summed E-state index contributed by atoms with van der Waals surface area (Å²) in [6, 6.07) is 8.11. The van der Waals surface area contributed by atoms with E-state index in [0.717, 1.165) is 5.69 Å². The Morgan fingerprint density at radius 3 is 2.88 bits per heavy atom. The van der Waals surface area contributed by atoms with Crippen molar-refractivity contribution in [2.45, 2.75) is 13.5 Å². The van der Waals surface area contributed by atoms with Crippen LogP contribution in [0.5, 0.6) is 0 Å². The number of hydrogen-bond acceptors (Lipinski definition) is 2. The number of nitrogens with zero attached hydrogens (tertiary/aromatic N) is 3. The van der Waals surface area contributed by atoms with Crippen molar-refractivity contribution in [3.05, 3.63) is 41.8 Å². The van der Waals surface area contributed by atoms with E-state index in [9.17, 15) is 4.39 Å². The molecule has 0 saturated heterocycles. The molecule has 1 aromatic heterocycles. The van der Waals surface area contributed by atoms with Crippen LogP contribution in [-0.4, -0.2) is 9.78 Å². The zero-order valence-electron chi connectivity index (χ0n) is 8.81. The molecule has 2 rings (SSSR count). The summed E-state index contributed by atoms with van der Waals surface area (Å²) in [6.07, 6.45) is 1.64. The predicted octanol–water partition coefficient (Wildman–Crippen LogP) is 2.58. The van der Waals surface area contributed by atoms with Crippen molar-refractivity contribution in [3.8, 4) is 17.3 Å². The number of benzene rings is 1. The van der Waals surface area contributed by atoms with Gasteiger partial charge >= 0.3 is 0 Å². The van der Waals surface area contributed by atoms with Crippen molar-refractivity contribution in [1.82, 2.24) is 9.78 Å². The molecule has 0 saturated carbocycles. The Hall–Kier alpha value is -2.15. The first-order valence-corrected chi connectivity index (χ1v) is 4.98. The van der Waals surface area contributed by atoms with Crippen LogP contribution < -0.4 is 0 Å². The summed E-state index contributed by atoms with van der Waals surface area (Å²) in [6.45, 7) is 2.62. The maximum atomic E-state index is 13.7. The van der Waals surface area contributed by atoms with Gasteiger partial charge in [0.2, 0.25) is 0 Å². The summed E-state index contributed by atoms with van der Waals surface area (Å²) in [7, 11) is 0. The molecule has 1 aromatic carbocycles. The van der Waals surface area contributed by atoms with Gasteiger partial charge in [-0.05, 0) is 31.2 Å². The van der Waals surface area contributed by atoms with E-state index in [1.54, 1.807) is 29.1 Å². The number of rotatable bonds is 2. The van der Waals surface area contributed by atoms with Crippen LogP contribution >= 0.6 is 0 Å². The van der Waals surface area contributed by atoms with Crippen LogP contribution in [-0.2, 0) is 6.54 Å². The van der Waals surface area contributed by atoms with E-state index in [1.807, 2.05) is 13.0 Å². The van der Waals surface area contributed by atoms with Crippen molar-refractivity contribution in [3.63, 3.8) is 0 Å². The molecule has 1 heterocycles. The van der Waals surface area contributed by atoms with Crippen LogP contribution in [0.3, 0.4) is 0 Å². The quantitative estimate of drug-likeness (QED) is 0.772. The number of nitriles is 1. The molecule has 0 aliphatic heterocycles. The topological polar surface area (TPSA) is 41.6 Å². The van der Waals surface area contributed by atoms with Gasteiger partial charge in [-0.25, -0.2) is 4.39 Å². The first-order valence-electron chi connectivity index (χ1n) is 4.98. The Labute approximate surface area is 92.7 Å². The number of aromatic nitrogens is 2. The third-order valence-corrected chi connectivity index (χ3v) is 2.39. The SMILES string of the molecule is CCn1nccc1-c1ccc(C#N)cc1F.